The molecule has 1 aromatic carbocycles. The summed E-state index contributed by atoms with van der Waals surface area (Å²) in [6.45, 7) is 5.78. The Labute approximate surface area is 78.0 Å². The molecule has 0 atom stereocenters. The van der Waals surface area contributed by atoms with Crippen LogP contribution in [0.4, 0.5) is 4.39 Å². The molecule has 1 N–H and O–H groups in total. The number of hydrogen-bond donors (Lipinski definition) is 1. The number of nitrogens with one attached hydrogen (secondary N) is 1. The summed E-state index contributed by atoms with van der Waals surface area (Å²) < 4.78 is 13.5. The van der Waals surface area contributed by atoms with Gasteiger partial charge in [0.15, 0.2) is 0 Å². The topological polar surface area (TPSA) is 12.0 Å². The van der Waals surface area contributed by atoms with Gasteiger partial charge >= 0.3 is 0 Å². The van der Waals surface area contributed by atoms with Crippen molar-refractivity contribution in [1.82, 2.24) is 5.32 Å². The van der Waals surface area contributed by atoms with Crippen LogP contribution in [0, 0.1) is 5.82 Å². The standard InChI is InChI=1S/C11H14FN/c1-11(2)7-13-6-8-4-3-5-9(12)10(8)11/h3-5,13H,6-7H2,1-2H3. The maximum absolute atomic E-state index is 13.5. The van der Waals surface area contributed by atoms with Gasteiger partial charge in [0.1, 0.15) is 5.82 Å². The third-order valence-electron chi connectivity index (χ3n) is 2.66. The summed E-state index contributed by atoms with van der Waals surface area (Å²) in [7, 11) is 0. The van der Waals surface area contributed by atoms with Crippen molar-refractivity contribution in [2.24, 2.45) is 0 Å². The van der Waals surface area contributed by atoms with E-state index in [4.69, 9.17) is 0 Å². The van der Waals surface area contributed by atoms with E-state index in [0.717, 1.165) is 24.2 Å². The Morgan fingerprint density at radius 3 is 2.85 bits per heavy atom. The first-order valence-corrected chi connectivity index (χ1v) is 4.60. The molecule has 1 heterocycles. The fourth-order valence-electron chi connectivity index (χ4n) is 2.07. The highest BCUT2D eigenvalue weighted by Crippen LogP contribution is 2.31. The fourth-order valence-corrected chi connectivity index (χ4v) is 2.07. The van der Waals surface area contributed by atoms with Crippen LogP contribution < -0.4 is 5.32 Å². The molecule has 0 radical (unpaired) electrons. The Hall–Kier alpha value is -0.890. The van der Waals surface area contributed by atoms with Crippen LogP contribution >= 0.6 is 0 Å². The molecule has 0 spiro atoms. The van der Waals surface area contributed by atoms with Crippen LogP contribution in [0.25, 0.3) is 0 Å². The van der Waals surface area contributed by atoms with Gasteiger partial charge in [0.25, 0.3) is 0 Å². The zero-order valence-electron chi connectivity index (χ0n) is 8.02. The molecular formula is C11H14FN. The van der Waals surface area contributed by atoms with Crippen LogP contribution in [0.15, 0.2) is 18.2 Å². The summed E-state index contributed by atoms with van der Waals surface area (Å²) in [5.41, 5.74) is 1.89. The highest BCUT2D eigenvalue weighted by atomic mass is 19.1. The molecule has 2 rings (SSSR count). The molecule has 1 aliphatic rings. The third kappa shape index (κ3) is 1.35. The second-order valence-electron chi connectivity index (χ2n) is 4.26. The van der Waals surface area contributed by atoms with Crippen molar-refractivity contribution in [3.8, 4) is 0 Å². The maximum atomic E-state index is 13.5. The van der Waals surface area contributed by atoms with Crippen LogP contribution in [0.1, 0.15) is 25.0 Å². The second-order valence-corrected chi connectivity index (χ2v) is 4.26. The van der Waals surface area contributed by atoms with Crippen molar-refractivity contribution >= 4 is 0 Å². The summed E-state index contributed by atoms with van der Waals surface area (Å²) in [4.78, 5) is 0. The van der Waals surface area contributed by atoms with E-state index in [2.05, 4.69) is 19.2 Å². The van der Waals surface area contributed by atoms with Crippen LogP contribution in [-0.4, -0.2) is 6.54 Å². The number of hydrogen-bond acceptors (Lipinski definition) is 1. The summed E-state index contributed by atoms with van der Waals surface area (Å²) in [5, 5.41) is 3.29. The quantitative estimate of drug-likeness (QED) is 0.644. The molecule has 13 heavy (non-hydrogen) atoms. The first kappa shape index (κ1) is 8.70. The molecule has 0 fully saturated rings. The third-order valence-corrected chi connectivity index (χ3v) is 2.66. The molecule has 0 amide bonds. The minimum atomic E-state index is -0.0844. The van der Waals surface area contributed by atoms with Crippen molar-refractivity contribution < 1.29 is 4.39 Å². The number of rotatable bonds is 0. The zero-order valence-corrected chi connectivity index (χ0v) is 8.02. The minimum absolute atomic E-state index is 0.0657. The van der Waals surface area contributed by atoms with Crippen molar-refractivity contribution in [1.29, 1.82) is 0 Å². The summed E-state index contributed by atoms with van der Waals surface area (Å²) in [5.74, 6) is -0.0657. The smallest absolute Gasteiger partial charge is 0.127 e. The lowest BCUT2D eigenvalue weighted by molar-refractivity contribution is 0.411. The Bertz CT molecular complexity index is 331. The van der Waals surface area contributed by atoms with Gasteiger partial charge < -0.3 is 5.32 Å². The van der Waals surface area contributed by atoms with E-state index in [1.807, 2.05) is 6.07 Å². The van der Waals surface area contributed by atoms with E-state index in [1.54, 1.807) is 12.1 Å². The number of halogens is 1. The summed E-state index contributed by atoms with van der Waals surface area (Å²) >= 11 is 0. The lowest BCUT2D eigenvalue weighted by Gasteiger charge is -2.33. The highest BCUT2D eigenvalue weighted by molar-refractivity contribution is 5.36. The molecule has 1 aliphatic heterocycles. The van der Waals surface area contributed by atoms with E-state index in [-0.39, 0.29) is 11.2 Å². The Balaban J connectivity index is 2.61. The largest absolute Gasteiger partial charge is 0.312 e. The average molecular weight is 179 g/mol. The van der Waals surface area contributed by atoms with Gasteiger partial charge in [-0.2, -0.15) is 0 Å². The molecular weight excluding hydrogens is 165 g/mol. The average Bonchev–Trinajstić information content (AvgIpc) is 2.02. The minimum Gasteiger partial charge on any atom is -0.312 e. The van der Waals surface area contributed by atoms with Crippen molar-refractivity contribution in [3.63, 3.8) is 0 Å². The van der Waals surface area contributed by atoms with Crippen molar-refractivity contribution in [2.75, 3.05) is 6.54 Å². The molecule has 70 valence electrons. The SMILES string of the molecule is CC1(C)CNCc2cccc(F)c21. The normalized spacial score (nSPS) is 19.6. The Kier molecular flexibility index (Phi) is 1.88. The van der Waals surface area contributed by atoms with Gasteiger partial charge in [-0.1, -0.05) is 26.0 Å². The molecule has 0 bridgehead atoms. The van der Waals surface area contributed by atoms with E-state index in [9.17, 15) is 4.39 Å². The molecule has 0 saturated carbocycles. The van der Waals surface area contributed by atoms with Gasteiger partial charge in [-0.25, -0.2) is 4.39 Å². The first-order valence-electron chi connectivity index (χ1n) is 4.60. The Morgan fingerprint density at radius 2 is 2.15 bits per heavy atom. The predicted molar refractivity (Wildman–Crippen MR) is 51.1 cm³/mol. The summed E-state index contributed by atoms with van der Waals surface area (Å²) in [6, 6.07) is 5.31. The van der Waals surface area contributed by atoms with Crippen LogP contribution in [0.5, 0.6) is 0 Å². The van der Waals surface area contributed by atoms with E-state index >= 15 is 0 Å². The van der Waals surface area contributed by atoms with Gasteiger partial charge in [0.2, 0.25) is 0 Å². The molecule has 0 unspecified atom stereocenters. The fraction of sp³-hybridized carbons (Fsp3) is 0.455. The van der Waals surface area contributed by atoms with Crippen molar-refractivity contribution in [3.05, 3.63) is 35.1 Å². The highest BCUT2D eigenvalue weighted by Gasteiger charge is 2.29. The van der Waals surface area contributed by atoms with Crippen LogP contribution in [-0.2, 0) is 12.0 Å². The van der Waals surface area contributed by atoms with Gasteiger partial charge in [0, 0.05) is 18.5 Å². The molecule has 1 nitrogen and oxygen atoms in total. The van der Waals surface area contributed by atoms with Crippen LogP contribution in [0.2, 0.25) is 0 Å². The lowest BCUT2D eigenvalue weighted by atomic mass is 9.79. The van der Waals surface area contributed by atoms with E-state index < -0.39 is 0 Å². The van der Waals surface area contributed by atoms with Gasteiger partial charge in [0.05, 0.1) is 0 Å². The molecule has 2 heteroatoms. The number of benzene rings is 1. The molecule has 1 aromatic rings. The zero-order chi connectivity index (χ0) is 9.47. The van der Waals surface area contributed by atoms with Gasteiger partial charge in [-0.05, 0) is 17.2 Å². The molecule has 0 saturated heterocycles. The first-order chi connectivity index (χ1) is 6.11. The van der Waals surface area contributed by atoms with E-state index in [0.29, 0.717) is 0 Å². The van der Waals surface area contributed by atoms with Crippen molar-refractivity contribution in [2.45, 2.75) is 25.8 Å². The second kappa shape index (κ2) is 2.81. The predicted octanol–water partition coefficient (Wildman–Crippen LogP) is 2.21. The molecule has 0 aromatic heterocycles. The monoisotopic (exact) mass is 179 g/mol. The summed E-state index contributed by atoms with van der Waals surface area (Å²) in [6.07, 6.45) is 0. The Morgan fingerprint density at radius 1 is 1.38 bits per heavy atom. The van der Waals surface area contributed by atoms with Gasteiger partial charge in [-0.15, -0.1) is 0 Å². The maximum Gasteiger partial charge on any atom is 0.127 e. The molecule has 0 aliphatic carbocycles. The van der Waals surface area contributed by atoms with Gasteiger partial charge in [-0.3, -0.25) is 0 Å². The van der Waals surface area contributed by atoms with E-state index in [1.165, 1.54) is 0 Å². The lowest BCUT2D eigenvalue weighted by Crippen LogP contribution is -2.39. The number of fused-ring (bicyclic) bond motifs is 1. The van der Waals surface area contributed by atoms with Crippen LogP contribution in [0.3, 0.4) is 0 Å².